The van der Waals surface area contributed by atoms with Crippen LogP contribution in [0.2, 0.25) is 0 Å². The van der Waals surface area contributed by atoms with E-state index in [4.69, 9.17) is 9.47 Å². The minimum Gasteiger partial charge on any atom is -0.421 e. The van der Waals surface area contributed by atoms with Gasteiger partial charge in [-0.2, -0.15) is 0 Å². The first-order chi connectivity index (χ1) is 9.38. The number of ether oxygens (including phenoxy) is 2. The number of nitrogens with zero attached hydrogens (tertiary/aromatic N) is 1. The van der Waals surface area contributed by atoms with Crippen LogP contribution < -0.4 is 0 Å². The Labute approximate surface area is 114 Å². The van der Waals surface area contributed by atoms with Crippen LogP contribution in [0.4, 0.5) is 5.69 Å². The van der Waals surface area contributed by atoms with E-state index in [9.17, 15) is 19.7 Å². The molecular formula is C13H13NO6. The van der Waals surface area contributed by atoms with E-state index in [0.717, 1.165) is 0 Å². The van der Waals surface area contributed by atoms with Gasteiger partial charge in [0.25, 0.3) is 12.0 Å². The van der Waals surface area contributed by atoms with E-state index in [2.05, 4.69) is 0 Å². The zero-order valence-electron chi connectivity index (χ0n) is 10.9. The van der Waals surface area contributed by atoms with Gasteiger partial charge in [-0.15, -0.1) is 0 Å². The Morgan fingerprint density at radius 2 is 1.65 bits per heavy atom. The van der Waals surface area contributed by atoms with Gasteiger partial charge in [0.15, 0.2) is 0 Å². The fraction of sp³-hybridized carbons (Fsp3) is 0.231. The fourth-order valence-electron chi connectivity index (χ4n) is 1.33. The van der Waals surface area contributed by atoms with Crippen molar-refractivity contribution < 1.29 is 24.0 Å². The maximum Gasteiger partial charge on any atom is 0.305 e. The smallest absolute Gasteiger partial charge is 0.305 e. The first-order valence-electron chi connectivity index (χ1n) is 5.65. The van der Waals surface area contributed by atoms with Crippen molar-refractivity contribution in [2.45, 2.75) is 20.1 Å². The third-order valence-electron chi connectivity index (χ3n) is 2.11. The normalized spacial score (nSPS) is 10.6. The lowest BCUT2D eigenvalue weighted by Crippen LogP contribution is -2.19. The molecule has 0 aromatic heterocycles. The van der Waals surface area contributed by atoms with Gasteiger partial charge in [0, 0.05) is 26.0 Å². The summed E-state index contributed by atoms with van der Waals surface area (Å²) in [4.78, 5) is 31.7. The van der Waals surface area contributed by atoms with Crippen LogP contribution in [0.3, 0.4) is 0 Å². The molecule has 0 amide bonds. The first-order valence-corrected chi connectivity index (χ1v) is 5.65. The molecule has 0 aliphatic rings. The topological polar surface area (TPSA) is 95.7 Å². The molecule has 0 aliphatic heterocycles. The van der Waals surface area contributed by atoms with Crippen LogP contribution in [0, 0.1) is 10.1 Å². The van der Waals surface area contributed by atoms with Crippen LogP contribution in [0.1, 0.15) is 19.4 Å². The summed E-state index contributed by atoms with van der Waals surface area (Å²) >= 11 is 0. The number of hydrogen-bond acceptors (Lipinski definition) is 6. The van der Waals surface area contributed by atoms with Crippen LogP contribution in [-0.4, -0.2) is 23.2 Å². The minimum atomic E-state index is -1.12. The summed E-state index contributed by atoms with van der Waals surface area (Å²) in [7, 11) is 0. The molecule has 1 aromatic carbocycles. The first kappa shape index (κ1) is 15.4. The van der Waals surface area contributed by atoms with E-state index in [-0.39, 0.29) is 5.69 Å². The van der Waals surface area contributed by atoms with Crippen molar-refractivity contribution >= 4 is 23.7 Å². The van der Waals surface area contributed by atoms with Gasteiger partial charge < -0.3 is 9.47 Å². The van der Waals surface area contributed by atoms with Gasteiger partial charge in [0.05, 0.1) is 4.92 Å². The molecule has 0 bridgehead atoms. The van der Waals surface area contributed by atoms with Gasteiger partial charge in [0.1, 0.15) is 0 Å². The van der Waals surface area contributed by atoms with Crippen molar-refractivity contribution in [1.82, 2.24) is 0 Å². The molecule has 0 fully saturated rings. The number of nitro benzene ring substituents is 1. The predicted molar refractivity (Wildman–Crippen MR) is 69.5 cm³/mol. The Kier molecular flexibility index (Phi) is 5.40. The molecule has 0 atom stereocenters. The second kappa shape index (κ2) is 7.03. The highest BCUT2D eigenvalue weighted by Crippen LogP contribution is 2.13. The molecule has 0 aliphatic carbocycles. The molecule has 0 N–H and O–H groups in total. The lowest BCUT2D eigenvalue weighted by atomic mass is 10.2. The fourth-order valence-corrected chi connectivity index (χ4v) is 1.33. The highest BCUT2D eigenvalue weighted by molar-refractivity contribution is 5.69. The van der Waals surface area contributed by atoms with Crippen molar-refractivity contribution in [3.8, 4) is 0 Å². The number of rotatable bonds is 5. The van der Waals surface area contributed by atoms with Crippen molar-refractivity contribution in [2.75, 3.05) is 0 Å². The number of nitro groups is 1. The molecule has 0 radical (unpaired) electrons. The van der Waals surface area contributed by atoms with E-state index < -0.39 is 23.2 Å². The number of benzene rings is 1. The second-order valence-electron chi connectivity index (χ2n) is 3.80. The Balaban J connectivity index is 2.78. The summed E-state index contributed by atoms with van der Waals surface area (Å²) in [5, 5.41) is 10.5. The summed E-state index contributed by atoms with van der Waals surface area (Å²) in [6.07, 6.45) is 1.77. The molecule has 7 heteroatoms. The average molecular weight is 279 g/mol. The molecule has 0 saturated carbocycles. The van der Waals surface area contributed by atoms with E-state index in [1.807, 2.05) is 0 Å². The van der Waals surface area contributed by atoms with Crippen molar-refractivity contribution in [3.63, 3.8) is 0 Å². The van der Waals surface area contributed by atoms with Crippen molar-refractivity contribution in [3.05, 3.63) is 46.0 Å². The zero-order chi connectivity index (χ0) is 15.1. The third-order valence-corrected chi connectivity index (χ3v) is 2.11. The van der Waals surface area contributed by atoms with Crippen LogP contribution in [0.5, 0.6) is 0 Å². The number of carbonyl (C=O) groups excluding carboxylic acids is 2. The minimum absolute atomic E-state index is 0.0290. The maximum atomic E-state index is 10.8. The molecule has 106 valence electrons. The van der Waals surface area contributed by atoms with Crippen LogP contribution in [0.15, 0.2) is 30.3 Å². The van der Waals surface area contributed by atoms with Crippen molar-refractivity contribution in [1.29, 1.82) is 0 Å². The summed E-state index contributed by atoms with van der Waals surface area (Å²) in [6, 6.07) is 5.72. The number of non-ortho nitro benzene ring substituents is 1. The maximum absolute atomic E-state index is 10.8. The third kappa shape index (κ3) is 5.30. The van der Waals surface area contributed by atoms with Crippen molar-refractivity contribution in [2.24, 2.45) is 0 Å². The van der Waals surface area contributed by atoms with Gasteiger partial charge >= 0.3 is 11.9 Å². The van der Waals surface area contributed by atoms with Crippen LogP contribution in [0.25, 0.3) is 6.08 Å². The zero-order valence-corrected chi connectivity index (χ0v) is 10.9. The van der Waals surface area contributed by atoms with Gasteiger partial charge in [-0.25, -0.2) is 0 Å². The van der Waals surface area contributed by atoms with Gasteiger partial charge in [-0.1, -0.05) is 6.08 Å². The number of hydrogen-bond donors (Lipinski definition) is 0. The molecule has 0 saturated heterocycles. The number of esters is 2. The predicted octanol–water partition coefficient (Wildman–Crippen LogP) is 2.06. The second-order valence-corrected chi connectivity index (χ2v) is 3.80. The molecular weight excluding hydrogens is 266 g/mol. The SMILES string of the molecule is CC(=O)OC(/C=C/c1ccc([N+](=O)[O-])cc1)OC(C)=O. The van der Waals surface area contributed by atoms with Gasteiger partial charge in [-0.3, -0.25) is 19.7 Å². The Morgan fingerprint density at radius 3 is 2.05 bits per heavy atom. The van der Waals surface area contributed by atoms with Gasteiger partial charge in [0.2, 0.25) is 0 Å². The Morgan fingerprint density at radius 1 is 1.15 bits per heavy atom. The molecule has 20 heavy (non-hydrogen) atoms. The lowest BCUT2D eigenvalue weighted by Gasteiger charge is -2.12. The molecule has 1 rings (SSSR count). The summed E-state index contributed by atoms with van der Waals surface area (Å²) in [5.74, 6) is -1.19. The lowest BCUT2D eigenvalue weighted by molar-refractivity contribution is -0.384. The van der Waals surface area contributed by atoms with E-state index >= 15 is 0 Å². The number of carbonyl (C=O) groups is 2. The summed E-state index contributed by atoms with van der Waals surface area (Å²) < 4.78 is 9.54. The monoisotopic (exact) mass is 279 g/mol. The Bertz CT molecular complexity index is 518. The van der Waals surface area contributed by atoms with Crippen LogP contribution in [-0.2, 0) is 19.1 Å². The van der Waals surface area contributed by atoms with Gasteiger partial charge in [-0.05, 0) is 23.8 Å². The highest BCUT2D eigenvalue weighted by Gasteiger charge is 2.11. The quantitative estimate of drug-likeness (QED) is 0.354. The molecule has 7 nitrogen and oxygen atoms in total. The van der Waals surface area contributed by atoms with E-state index in [1.165, 1.54) is 50.3 Å². The molecule has 0 unspecified atom stereocenters. The Hall–Kier alpha value is -2.70. The largest absolute Gasteiger partial charge is 0.421 e. The van der Waals surface area contributed by atoms with Crippen LogP contribution >= 0.6 is 0 Å². The summed E-state index contributed by atoms with van der Waals surface area (Å²) in [5.41, 5.74) is 0.610. The molecule has 0 heterocycles. The molecule has 0 spiro atoms. The van der Waals surface area contributed by atoms with E-state index in [0.29, 0.717) is 5.56 Å². The summed E-state index contributed by atoms with van der Waals surface area (Å²) in [6.45, 7) is 2.38. The standard InChI is InChI=1S/C13H13NO6/c1-9(15)19-13(20-10(2)16)8-5-11-3-6-12(7-4-11)14(17)18/h3-8,13H,1-2H3/b8-5+. The molecule has 1 aromatic rings. The van der Waals surface area contributed by atoms with E-state index in [1.54, 1.807) is 0 Å². The average Bonchev–Trinajstić information content (AvgIpc) is 2.35. The highest BCUT2D eigenvalue weighted by atomic mass is 16.7.